The topological polar surface area (TPSA) is 38.9 Å². The molecule has 0 atom stereocenters. The number of furan rings is 1. The van der Waals surface area contributed by atoms with E-state index in [1.54, 1.807) is 66.9 Å². The maximum absolute atomic E-state index is 14.2. The summed E-state index contributed by atoms with van der Waals surface area (Å²) in [5.74, 6) is 0.648. The summed E-state index contributed by atoms with van der Waals surface area (Å²) in [6, 6.07) is 39.0. The van der Waals surface area contributed by atoms with Crippen LogP contribution in [0.5, 0.6) is 0 Å². The zero-order chi connectivity index (χ0) is 48.9. The fourth-order valence-corrected chi connectivity index (χ4v) is 7.40. The van der Waals surface area contributed by atoms with Gasteiger partial charge in [-0.1, -0.05) is 119 Å². The van der Waals surface area contributed by atoms with Crippen LogP contribution in [0.15, 0.2) is 132 Å². The van der Waals surface area contributed by atoms with Crippen LogP contribution in [0.1, 0.15) is 88.0 Å². The Labute approximate surface area is 385 Å². The van der Waals surface area contributed by atoms with Gasteiger partial charge in [0.05, 0.1) is 16.6 Å². The van der Waals surface area contributed by atoms with Gasteiger partial charge in [0.25, 0.3) is 0 Å². The molecule has 0 N–H and O–H groups in total. The fourth-order valence-electron chi connectivity index (χ4n) is 7.40. The SMILES string of the molecule is CC(C)c1cccc(C(C)C)c1-c1ccnc(-c2[c-]ccc3c2oc2c(-c4ccccc4)c(C(F)(F)F)ccc23)c1.[2H]C([2H])([2H])c1cnc(-c2[c-]cccc2)cc1C([2H])([2H])C(C)(C)C(F)(F)F.[Ir]. The third-order valence-electron chi connectivity index (χ3n) is 10.7. The number of pyridine rings is 2. The quantitative estimate of drug-likeness (QED) is 0.112. The monoisotopic (exact) mass is 1040 g/mol. The Morgan fingerprint density at radius 2 is 1.37 bits per heavy atom. The summed E-state index contributed by atoms with van der Waals surface area (Å²) in [5.41, 5.74) is 3.07. The maximum Gasteiger partial charge on any atom is 0.417 e. The van der Waals surface area contributed by atoms with Crippen molar-refractivity contribution in [3.8, 4) is 44.8 Å². The number of hydrogen-bond acceptors (Lipinski definition) is 3. The third-order valence-corrected chi connectivity index (χ3v) is 10.7. The van der Waals surface area contributed by atoms with E-state index >= 15 is 0 Å². The number of benzene rings is 5. The van der Waals surface area contributed by atoms with Crippen molar-refractivity contribution in [3.05, 3.63) is 168 Å². The molecule has 0 amide bonds. The van der Waals surface area contributed by atoms with Crippen LogP contribution >= 0.6 is 0 Å². The molecule has 63 heavy (non-hydrogen) atoms. The molecule has 0 spiro atoms. The Balaban J connectivity index is 0.000000245. The molecule has 1 radical (unpaired) electrons. The van der Waals surface area contributed by atoms with Crippen LogP contribution in [0.2, 0.25) is 0 Å². The molecule has 10 heteroatoms. The van der Waals surface area contributed by atoms with Gasteiger partial charge < -0.3 is 14.4 Å². The first-order chi connectivity index (χ1) is 31.3. The largest absolute Gasteiger partial charge is 0.500 e. The van der Waals surface area contributed by atoms with Gasteiger partial charge in [-0.2, -0.15) is 26.3 Å². The molecule has 0 fully saturated rings. The molecule has 0 saturated heterocycles. The summed E-state index contributed by atoms with van der Waals surface area (Å²) in [5, 5.41) is 1.34. The molecule has 327 valence electrons. The second-order valence-electron chi connectivity index (χ2n) is 16.1. The number of fused-ring (bicyclic) bond motifs is 3. The summed E-state index contributed by atoms with van der Waals surface area (Å²) in [7, 11) is 0. The van der Waals surface area contributed by atoms with Crippen molar-refractivity contribution in [1.82, 2.24) is 9.97 Å². The predicted octanol–water partition coefficient (Wildman–Crippen LogP) is 16.0. The van der Waals surface area contributed by atoms with Crippen molar-refractivity contribution in [2.24, 2.45) is 5.41 Å². The van der Waals surface area contributed by atoms with Crippen molar-refractivity contribution in [1.29, 1.82) is 0 Å². The minimum atomic E-state index is -4.88. The molecule has 8 rings (SSSR count). The Morgan fingerprint density at radius 3 is 1.98 bits per heavy atom. The number of aromatic nitrogens is 2. The molecule has 5 aromatic carbocycles. The van der Waals surface area contributed by atoms with Gasteiger partial charge in [0.1, 0.15) is 5.58 Å². The average molecular weight is 1040 g/mol. The number of alkyl halides is 6. The number of nitrogens with zero attached hydrogens (tertiary/aromatic N) is 2. The summed E-state index contributed by atoms with van der Waals surface area (Å²) >= 11 is 0. The molecule has 0 aliphatic carbocycles. The van der Waals surface area contributed by atoms with Crippen molar-refractivity contribution in [2.45, 2.75) is 79.0 Å². The average Bonchev–Trinajstić information content (AvgIpc) is 3.67. The van der Waals surface area contributed by atoms with Crippen molar-refractivity contribution >= 4 is 21.9 Å². The van der Waals surface area contributed by atoms with E-state index in [4.69, 9.17) is 11.3 Å². The van der Waals surface area contributed by atoms with E-state index in [2.05, 4.69) is 68.0 Å². The van der Waals surface area contributed by atoms with Crippen LogP contribution in [0, 0.1) is 24.4 Å². The van der Waals surface area contributed by atoms with Crippen molar-refractivity contribution < 1.29 is 57.7 Å². The molecule has 0 bridgehead atoms. The Bertz CT molecular complexity index is 3030. The van der Waals surface area contributed by atoms with Crippen LogP contribution in [0.4, 0.5) is 26.3 Å². The van der Waals surface area contributed by atoms with E-state index in [0.29, 0.717) is 59.0 Å². The minimum absolute atomic E-state index is 0. The van der Waals surface area contributed by atoms with E-state index in [0.717, 1.165) is 29.3 Å². The molecular formula is C53H46F6IrN2O-2. The molecule has 0 unspecified atom stereocenters. The summed E-state index contributed by atoms with van der Waals surface area (Å²) in [6.45, 7) is 7.37. The van der Waals surface area contributed by atoms with Gasteiger partial charge in [-0.05, 0) is 87.5 Å². The zero-order valence-corrected chi connectivity index (χ0v) is 37.6. The number of halogens is 6. The Morgan fingerprint density at radius 1 is 0.683 bits per heavy atom. The first-order valence-corrected chi connectivity index (χ1v) is 20.0. The molecule has 0 saturated carbocycles. The van der Waals surface area contributed by atoms with Crippen LogP contribution in [-0.4, -0.2) is 16.1 Å². The second kappa shape index (κ2) is 18.6. The molecule has 3 nitrogen and oxygen atoms in total. The van der Waals surface area contributed by atoms with Gasteiger partial charge in [0.2, 0.25) is 0 Å². The first kappa shape index (κ1) is 40.2. The Hall–Kier alpha value is -5.57. The van der Waals surface area contributed by atoms with Gasteiger partial charge in [0.15, 0.2) is 0 Å². The fraction of sp³-hybridized carbons (Fsp3) is 0.245. The number of hydrogen-bond donors (Lipinski definition) is 0. The van der Waals surface area contributed by atoms with E-state index in [9.17, 15) is 26.3 Å². The number of rotatable bonds is 8. The summed E-state index contributed by atoms with van der Waals surface area (Å²) in [6.07, 6.45) is -9.73. The standard InChI is InChI=1S/C36H29F3NO.C17H17F3N.Ir/c1-21(2)25-12-8-13-26(22(3)4)32(25)24-18-19-40-31(20-24)29-15-9-14-27-28-16-17-30(36(37,38)39)33(35(28)41-34(27)29)23-10-6-5-7-11-23;1-12-11-21-15(13-7-5-4-6-8-13)9-14(12)10-16(2,3)17(18,19)20;/h5-14,16-22H,1-4H3;4-7,9,11H,10H2,1-3H3;/q2*-1;/i;1D3,10D2;. The van der Waals surface area contributed by atoms with Gasteiger partial charge in [-0.25, -0.2) is 0 Å². The summed E-state index contributed by atoms with van der Waals surface area (Å²) < 4.78 is 128. The van der Waals surface area contributed by atoms with Gasteiger partial charge in [-0.15, -0.1) is 54.1 Å². The molecule has 3 heterocycles. The zero-order valence-electron chi connectivity index (χ0n) is 40.2. The van der Waals surface area contributed by atoms with Crippen molar-refractivity contribution in [3.63, 3.8) is 0 Å². The van der Waals surface area contributed by atoms with Gasteiger partial charge in [-0.3, -0.25) is 0 Å². The van der Waals surface area contributed by atoms with Crippen molar-refractivity contribution in [2.75, 3.05) is 0 Å². The van der Waals surface area contributed by atoms with Gasteiger partial charge in [0, 0.05) is 50.3 Å². The van der Waals surface area contributed by atoms with E-state index in [1.165, 1.54) is 22.8 Å². The van der Waals surface area contributed by atoms with Gasteiger partial charge >= 0.3 is 12.4 Å². The molecule has 0 aliphatic heterocycles. The minimum Gasteiger partial charge on any atom is -0.500 e. The van der Waals surface area contributed by atoms with Crippen LogP contribution < -0.4 is 0 Å². The smallest absolute Gasteiger partial charge is 0.417 e. The van der Waals surface area contributed by atoms with E-state index < -0.39 is 47.7 Å². The summed E-state index contributed by atoms with van der Waals surface area (Å²) in [4.78, 5) is 8.67. The molecule has 3 aromatic heterocycles. The normalized spacial score (nSPS) is 13.7. The van der Waals surface area contributed by atoms with E-state index in [-0.39, 0.29) is 36.9 Å². The predicted molar refractivity (Wildman–Crippen MR) is 237 cm³/mol. The van der Waals surface area contributed by atoms with Crippen LogP contribution in [0.3, 0.4) is 0 Å². The molecular weight excluding hydrogens is 987 g/mol. The van der Waals surface area contributed by atoms with Crippen LogP contribution in [-0.2, 0) is 32.7 Å². The van der Waals surface area contributed by atoms with E-state index in [1.807, 2.05) is 18.2 Å². The first-order valence-electron chi connectivity index (χ1n) is 22.5. The molecule has 8 aromatic rings. The number of aryl methyl sites for hydroxylation is 1. The third kappa shape index (κ3) is 9.83. The molecule has 0 aliphatic rings. The second-order valence-corrected chi connectivity index (χ2v) is 16.1. The van der Waals surface area contributed by atoms with Crippen LogP contribution in [0.25, 0.3) is 66.7 Å². The Kier molecular flexibility index (Phi) is 11.9. The maximum atomic E-state index is 14.2.